The Labute approximate surface area is 238 Å². The smallest absolute Gasteiger partial charge is 0.255 e. The highest BCUT2D eigenvalue weighted by Gasteiger charge is 2.39. The molecule has 2 heterocycles. The van der Waals surface area contributed by atoms with E-state index in [0.29, 0.717) is 63.0 Å². The molecule has 41 heavy (non-hydrogen) atoms. The molecule has 2 aromatic carbocycles. The van der Waals surface area contributed by atoms with Gasteiger partial charge in [0.25, 0.3) is 5.91 Å². The van der Waals surface area contributed by atoms with Crippen LogP contribution in [0.3, 0.4) is 0 Å². The summed E-state index contributed by atoms with van der Waals surface area (Å²) < 4.78 is 22.1. The number of hydrogen-bond acceptors (Lipinski definition) is 9. The summed E-state index contributed by atoms with van der Waals surface area (Å²) in [6, 6.07) is 12.0. The predicted molar refractivity (Wildman–Crippen MR) is 148 cm³/mol. The number of ether oxygens (including phenoxy) is 4. The van der Waals surface area contributed by atoms with Gasteiger partial charge in [-0.1, -0.05) is 18.2 Å². The molecule has 2 aliphatic rings. The molecule has 1 unspecified atom stereocenters. The molecule has 0 bridgehead atoms. The number of imide groups is 1. The Kier molecular flexibility index (Phi) is 11.2. The number of carbonyl (C=O) groups is 4. The summed E-state index contributed by atoms with van der Waals surface area (Å²) in [7, 11) is 0. The van der Waals surface area contributed by atoms with E-state index in [1.807, 2.05) is 24.3 Å². The van der Waals surface area contributed by atoms with Gasteiger partial charge in [-0.25, -0.2) is 0 Å². The van der Waals surface area contributed by atoms with E-state index >= 15 is 0 Å². The summed E-state index contributed by atoms with van der Waals surface area (Å²) in [5.41, 5.74) is 8.25. The lowest BCUT2D eigenvalue weighted by Gasteiger charge is -2.29. The van der Waals surface area contributed by atoms with Gasteiger partial charge in [0.2, 0.25) is 17.7 Å². The van der Waals surface area contributed by atoms with Crippen LogP contribution in [-0.4, -0.2) is 80.8 Å². The summed E-state index contributed by atoms with van der Waals surface area (Å²) >= 11 is 0. The van der Waals surface area contributed by atoms with Crippen molar-refractivity contribution in [3.05, 3.63) is 59.2 Å². The first-order valence-electron chi connectivity index (χ1n) is 13.7. The van der Waals surface area contributed by atoms with Crippen molar-refractivity contribution in [2.75, 3.05) is 51.6 Å². The lowest BCUT2D eigenvalue weighted by Crippen LogP contribution is -2.52. The second kappa shape index (κ2) is 15.2. The standard InChI is InChI=1S/C29H36N4O8/c30-18-20-3-1-4-21(17-20)41-16-15-40-14-13-39-12-11-38-10-9-27(35)31-24-6-2-5-22-23(24)19-33(29(22)37)25-7-8-26(34)32-28(25)36/h1-6,17,25H,7-16,18-19,30H2,(H,31,35)(H,32,34,36). The summed E-state index contributed by atoms with van der Waals surface area (Å²) in [5.74, 6) is -0.595. The number of benzene rings is 2. The highest BCUT2D eigenvalue weighted by atomic mass is 16.6. The van der Waals surface area contributed by atoms with Crippen LogP contribution < -0.4 is 21.1 Å². The highest BCUT2D eigenvalue weighted by molar-refractivity contribution is 6.06. The Bertz CT molecular complexity index is 1240. The zero-order valence-electron chi connectivity index (χ0n) is 22.9. The maximum atomic E-state index is 12.9. The Morgan fingerprint density at radius 3 is 2.39 bits per heavy atom. The van der Waals surface area contributed by atoms with E-state index in [2.05, 4.69) is 10.6 Å². The number of hydrogen-bond donors (Lipinski definition) is 3. The van der Waals surface area contributed by atoms with E-state index in [-0.39, 0.29) is 50.1 Å². The molecular weight excluding hydrogens is 532 g/mol. The second-order valence-electron chi connectivity index (χ2n) is 9.57. The van der Waals surface area contributed by atoms with Gasteiger partial charge in [-0.15, -0.1) is 0 Å². The molecule has 4 N–H and O–H groups in total. The fourth-order valence-corrected chi connectivity index (χ4v) is 4.60. The number of carbonyl (C=O) groups excluding carboxylic acids is 4. The van der Waals surface area contributed by atoms with Crippen molar-refractivity contribution in [1.29, 1.82) is 0 Å². The van der Waals surface area contributed by atoms with E-state index in [1.165, 1.54) is 4.90 Å². The van der Waals surface area contributed by atoms with Crippen molar-refractivity contribution in [2.24, 2.45) is 5.73 Å². The molecule has 0 spiro atoms. The van der Waals surface area contributed by atoms with Crippen LogP contribution in [0.25, 0.3) is 0 Å². The van der Waals surface area contributed by atoms with Crippen LogP contribution in [0, 0.1) is 0 Å². The van der Waals surface area contributed by atoms with Crippen LogP contribution in [0.15, 0.2) is 42.5 Å². The summed E-state index contributed by atoms with van der Waals surface area (Å²) in [4.78, 5) is 50.6. The van der Waals surface area contributed by atoms with E-state index < -0.39 is 11.9 Å². The molecule has 0 saturated carbocycles. The predicted octanol–water partition coefficient (Wildman–Crippen LogP) is 1.36. The third kappa shape index (κ3) is 8.57. The molecule has 0 radical (unpaired) electrons. The molecule has 1 fully saturated rings. The molecular formula is C29H36N4O8. The van der Waals surface area contributed by atoms with Crippen LogP contribution in [-0.2, 0) is 41.7 Å². The van der Waals surface area contributed by atoms with Crippen molar-refractivity contribution < 1.29 is 38.1 Å². The zero-order valence-corrected chi connectivity index (χ0v) is 22.9. The van der Waals surface area contributed by atoms with E-state index in [0.717, 1.165) is 11.3 Å². The van der Waals surface area contributed by atoms with Gasteiger partial charge >= 0.3 is 0 Å². The molecule has 12 nitrogen and oxygen atoms in total. The molecule has 0 aromatic heterocycles. The minimum Gasteiger partial charge on any atom is -0.491 e. The van der Waals surface area contributed by atoms with Gasteiger partial charge in [0.1, 0.15) is 18.4 Å². The van der Waals surface area contributed by atoms with Gasteiger partial charge in [-0.3, -0.25) is 24.5 Å². The van der Waals surface area contributed by atoms with Gasteiger partial charge in [0.05, 0.1) is 46.1 Å². The van der Waals surface area contributed by atoms with Gasteiger partial charge in [0, 0.05) is 36.3 Å². The Morgan fingerprint density at radius 1 is 0.951 bits per heavy atom. The number of rotatable bonds is 16. The molecule has 12 heteroatoms. The van der Waals surface area contributed by atoms with Gasteiger partial charge in [-0.2, -0.15) is 0 Å². The number of nitrogens with two attached hydrogens (primary N) is 1. The monoisotopic (exact) mass is 568 g/mol. The van der Waals surface area contributed by atoms with Crippen LogP contribution in [0.4, 0.5) is 5.69 Å². The fourth-order valence-electron chi connectivity index (χ4n) is 4.60. The van der Waals surface area contributed by atoms with Crippen LogP contribution in [0.5, 0.6) is 5.75 Å². The van der Waals surface area contributed by atoms with E-state index in [4.69, 9.17) is 24.7 Å². The first-order chi connectivity index (χ1) is 20.0. The topological polar surface area (TPSA) is 159 Å². The van der Waals surface area contributed by atoms with E-state index in [1.54, 1.807) is 18.2 Å². The quantitative estimate of drug-likeness (QED) is 0.201. The maximum Gasteiger partial charge on any atom is 0.255 e. The highest BCUT2D eigenvalue weighted by Crippen LogP contribution is 2.32. The summed E-state index contributed by atoms with van der Waals surface area (Å²) in [5, 5.41) is 5.13. The van der Waals surface area contributed by atoms with Crippen molar-refractivity contribution in [3.63, 3.8) is 0 Å². The molecule has 4 rings (SSSR count). The van der Waals surface area contributed by atoms with Gasteiger partial charge in [-0.05, 0) is 36.2 Å². The van der Waals surface area contributed by atoms with Crippen molar-refractivity contribution in [1.82, 2.24) is 10.2 Å². The maximum absolute atomic E-state index is 12.9. The fraction of sp³-hybridized carbons (Fsp3) is 0.448. The molecule has 0 aliphatic carbocycles. The van der Waals surface area contributed by atoms with Crippen LogP contribution in [0.1, 0.15) is 40.7 Å². The second-order valence-corrected chi connectivity index (χ2v) is 9.57. The average molecular weight is 569 g/mol. The molecule has 1 saturated heterocycles. The van der Waals surface area contributed by atoms with Crippen molar-refractivity contribution >= 4 is 29.3 Å². The Morgan fingerprint density at radius 2 is 1.66 bits per heavy atom. The molecule has 1 atom stereocenters. The zero-order chi connectivity index (χ0) is 29.0. The lowest BCUT2D eigenvalue weighted by molar-refractivity contribution is -0.137. The van der Waals surface area contributed by atoms with Crippen molar-refractivity contribution in [2.45, 2.75) is 38.4 Å². The SMILES string of the molecule is NCc1cccc(OCCOCCOCCOCCC(=O)Nc2cccc3c2CN(C2CCC(=O)NC2=O)C3=O)c1. The third-order valence-corrected chi connectivity index (χ3v) is 6.70. The van der Waals surface area contributed by atoms with Crippen LogP contribution >= 0.6 is 0 Å². The number of piperidine rings is 1. The first kappa shape index (κ1) is 30.1. The van der Waals surface area contributed by atoms with Crippen molar-refractivity contribution in [3.8, 4) is 5.75 Å². The minimum atomic E-state index is -0.711. The number of nitrogens with one attached hydrogen (secondary N) is 2. The summed E-state index contributed by atoms with van der Waals surface area (Å²) in [6.45, 7) is 3.29. The molecule has 2 aliphatic heterocycles. The third-order valence-electron chi connectivity index (χ3n) is 6.70. The molecule has 220 valence electrons. The molecule has 2 aromatic rings. The van der Waals surface area contributed by atoms with Gasteiger partial charge in [0.15, 0.2) is 0 Å². The number of fused-ring (bicyclic) bond motifs is 1. The number of amides is 4. The van der Waals surface area contributed by atoms with Crippen LogP contribution in [0.2, 0.25) is 0 Å². The Hall–Kier alpha value is -3.84. The van der Waals surface area contributed by atoms with E-state index in [9.17, 15) is 19.2 Å². The first-order valence-corrected chi connectivity index (χ1v) is 13.7. The van der Waals surface area contributed by atoms with Gasteiger partial charge < -0.3 is 34.9 Å². The minimum absolute atomic E-state index is 0.131. The summed E-state index contributed by atoms with van der Waals surface area (Å²) in [6.07, 6.45) is 0.590. The molecule has 4 amide bonds. The number of nitrogens with zero attached hydrogens (tertiary/aromatic N) is 1. The average Bonchev–Trinajstić information content (AvgIpc) is 3.30. The number of anilines is 1. The largest absolute Gasteiger partial charge is 0.491 e. The normalized spacial score (nSPS) is 16.5. The lowest BCUT2D eigenvalue weighted by atomic mass is 10.0. The Balaban J connectivity index is 1.06.